The molecule has 1 saturated heterocycles. The summed E-state index contributed by atoms with van der Waals surface area (Å²) in [7, 11) is -4.62. The van der Waals surface area contributed by atoms with Crippen LogP contribution in [0.5, 0.6) is 0 Å². The third-order valence-corrected chi connectivity index (χ3v) is 9.27. The highest BCUT2D eigenvalue weighted by Crippen LogP contribution is 2.34. The minimum absolute atomic E-state index is 0.0564. The van der Waals surface area contributed by atoms with Gasteiger partial charge in [0.05, 0.1) is 11.9 Å². The minimum Gasteiger partial charge on any atom is -0.388 e. The summed E-state index contributed by atoms with van der Waals surface area (Å²) in [5.41, 5.74) is 0.837. The number of benzene rings is 1. The van der Waals surface area contributed by atoms with E-state index in [0.717, 1.165) is 28.9 Å². The lowest BCUT2D eigenvalue weighted by atomic mass is 9.89. The molecule has 0 aliphatic carbocycles. The molecule has 1 N–H and O–H groups in total. The molecule has 4 nitrogen and oxygen atoms in total. The van der Waals surface area contributed by atoms with Crippen molar-refractivity contribution in [1.82, 2.24) is 4.31 Å². The summed E-state index contributed by atoms with van der Waals surface area (Å²) in [4.78, 5) is 0. The van der Waals surface area contributed by atoms with Gasteiger partial charge in [0, 0.05) is 31.6 Å². The van der Waals surface area contributed by atoms with Crippen LogP contribution in [-0.2, 0) is 10.0 Å². The second-order valence-electron chi connectivity index (χ2n) is 7.85. The van der Waals surface area contributed by atoms with Crippen LogP contribution >= 0.6 is 15.9 Å². The molecule has 1 aliphatic heterocycles. The molecule has 136 valence electrons. The highest BCUT2D eigenvalue weighted by molar-refractivity contribution is 9.10. The minimum atomic E-state index is -3.23. The molecule has 2 atom stereocenters. The monoisotopic (exact) mass is 433 g/mol. The van der Waals surface area contributed by atoms with Crippen LogP contribution in [-0.4, -0.2) is 44.7 Å². The van der Waals surface area contributed by atoms with Gasteiger partial charge in [0.1, 0.15) is 0 Å². The number of aliphatic hydroxyl groups is 1. The molecule has 0 amide bonds. The lowest BCUT2D eigenvalue weighted by molar-refractivity contribution is 0.0731. The van der Waals surface area contributed by atoms with E-state index in [1.165, 1.54) is 0 Å². The van der Waals surface area contributed by atoms with Gasteiger partial charge in [-0.3, -0.25) is 0 Å². The zero-order valence-electron chi connectivity index (χ0n) is 14.7. The quantitative estimate of drug-likeness (QED) is 0.692. The summed E-state index contributed by atoms with van der Waals surface area (Å²) in [5.74, 6) is 0.180. The van der Waals surface area contributed by atoms with E-state index >= 15 is 0 Å². The number of sulfonamides is 1. The van der Waals surface area contributed by atoms with Crippen molar-refractivity contribution in [3.63, 3.8) is 0 Å². The van der Waals surface area contributed by atoms with Gasteiger partial charge < -0.3 is 5.11 Å². The summed E-state index contributed by atoms with van der Waals surface area (Å²) >= 11 is 3.48. The number of halogens is 1. The molecule has 7 heteroatoms. The van der Waals surface area contributed by atoms with Crippen molar-refractivity contribution in [3.05, 3.63) is 34.3 Å². The highest BCUT2D eigenvalue weighted by atomic mass is 79.9. The molecule has 0 radical (unpaired) electrons. The molecule has 2 rings (SSSR count). The first kappa shape index (κ1) is 20.1. The van der Waals surface area contributed by atoms with Crippen LogP contribution in [0.15, 0.2) is 28.7 Å². The third kappa shape index (κ3) is 5.39. The maximum absolute atomic E-state index is 12.7. The van der Waals surface area contributed by atoms with E-state index in [0.29, 0.717) is 13.1 Å². The Kier molecular flexibility index (Phi) is 6.69. The fraction of sp³-hybridized carbons (Fsp3) is 0.647. The van der Waals surface area contributed by atoms with E-state index in [1.807, 2.05) is 24.3 Å². The molecule has 1 fully saturated rings. The highest BCUT2D eigenvalue weighted by Gasteiger charge is 2.33. The van der Waals surface area contributed by atoms with Crippen LogP contribution in [0, 0.1) is 5.92 Å². The molecular weight excluding hydrogens is 406 g/mol. The predicted octanol–water partition coefficient (Wildman–Crippen LogP) is 3.86. The van der Waals surface area contributed by atoms with Gasteiger partial charge in [-0.2, -0.15) is 0 Å². The second-order valence-corrected chi connectivity index (χ2v) is 16.4. The van der Waals surface area contributed by atoms with Crippen LogP contribution in [0.3, 0.4) is 0 Å². The Balaban J connectivity index is 2.07. The summed E-state index contributed by atoms with van der Waals surface area (Å²) in [5, 5.41) is 10.7. The first-order valence-electron chi connectivity index (χ1n) is 8.50. The second kappa shape index (κ2) is 7.99. The van der Waals surface area contributed by atoms with Gasteiger partial charge in [-0.05, 0) is 30.5 Å². The SMILES string of the molecule is C[Si](C)(C)CCS(=O)(=O)N1CCCC(C(O)c2ccccc2Br)C1. The van der Waals surface area contributed by atoms with Gasteiger partial charge in [-0.1, -0.05) is 53.8 Å². The topological polar surface area (TPSA) is 57.6 Å². The largest absolute Gasteiger partial charge is 0.388 e. The van der Waals surface area contributed by atoms with E-state index < -0.39 is 24.2 Å². The maximum atomic E-state index is 12.7. The zero-order chi connectivity index (χ0) is 18.0. The van der Waals surface area contributed by atoms with Crippen LogP contribution in [0.1, 0.15) is 24.5 Å². The van der Waals surface area contributed by atoms with Gasteiger partial charge in [-0.15, -0.1) is 0 Å². The van der Waals surface area contributed by atoms with Gasteiger partial charge in [-0.25, -0.2) is 12.7 Å². The molecule has 1 aromatic rings. The molecule has 1 heterocycles. The molecule has 1 aliphatic rings. The molecule has 0 saturated carbocycles. The van der Waals surface area contributed by atoms with Crippen LogP contribution in [0.4, 0.5) is 0 Å². The summed E-state index contributed by atoms with van der Waals surface area (Å²) in [6.45, 7) is 7.57. The maximum Gasteiger partial charge on any atom is 0.213 e. The van der Waals surface area contributed by atoms with Gasteiger partial charge >= 0.3 is 0 Å². The average Bonchev–Trinajstić information content (AvgIpc) is 2.52. The van der Waals surface area contributed by atoms with Crippen molar-refractivity contribution in [1.29, 1.82) is 0 Å². The summed E-state index contributed by atoms with van der Waals surface area (Å²) in [6, 6.07) is 8.39. The molecular formula is C17H28BrNO3SSi. The Morgan fingerprint density at radius 1 is 1.33 bits per heavy atom. The molecule has 0 aromatic heterocycles. The Labute approximate surface area is 155 Å². The van der Waals surface area contributed by atoms with Crippen LogP contribution in [0.25, 0.3) is 0 Å². The van der Waals surface area contributed by atoms with E-state index in [2.05, 4.69) is 35.6 Å². The smallest absolute Gasteiger partial charge is 0.213 e. The molecule has 1 aromatic carbocycles. The Morgan fingerprint density at radius 3 is 2.62 bits per heavy atom. The van der Waals surface area contributed by atoms with Gasteiger partial charge in [0.2, 0.25) is 10.0 Å². The normalized spacial score (nSPS) is 21.6. The van der Waals surface area contributed by atoms with Gasteiger partial charge in [0.15, 0.2) is 0 Å². The average molecular weight is 434 g/mol. The predicted molar refractivity (Wildman–Crippen MR) is 105 cm³/mol. The van der Waals surface area contributed by atoms with E-state index in [1.54, 1.807) is 4.31 Å². The number of hydrogen-bond acceptors (Lipinski definition) is 3. The summed E-state index contributed by atoms with van der Waals surface area (Å²) in [6.07, 6.45) is 1.01. The molecule has 0 bridgehead atoms. The Bertz CT molecular complexity index is 660. The summed E-state index contributed by atoms with van der Waals surface area (Å²) < 4.78 is 27.8. The van der Waals surface area contributed by atoms with E-state index in [4.69, 9.17) is 0 Å². The lowest BCUT2D eigenvalue weighted by Gasteiger charge is -2.35. The Morgan fingerprint density at radius 2 is 2.00 bits per heavy atom. The molecule has 2 unspecified atom stereocenters. The number of piperidine rings is 1. The third-order valence-electron chi connectivity index (χ3n) is 4.59. The zero-order valence-corrected chi connectivity index (χ0v) is 18.1. The van der Waals surface area contributed by atoms with Crippen LogP contribution in [0.2, 0.25) is 25.7 Å². The molecule has 0 spiro atoms. The van der Waals surface area contributed by atoms with Crippen molar-refractivity contribution < 1.29 is 13.5 Å². The lowest BCUT2D eigenvalue weighted by Crippen LogP contribution is -2.43. The number of aliphatic hydroxyl groups excluding tert-OH is 1. The van der Waals surface area contributed by atoms with E-state index in [-0.39, 0.29) is 11.7 Å². The van der Waals surface area contributed by atoms with Crippen molar-refractivity contribution in [2.75, 3.05) is 18.8 Å². The van der Waals surface area contributed by atoms with E-state index in [9.17, 15) is 13.5 Å². The van der Waals surface area contributed by atoms with Crippen LogP contribution < -0.4 is 0 Å². The molecule has 24 heavy (non-hydrogen) atoms. The van der Waals surface area contributed by atoms with Crippen molar-refractivity contribution >= 4 is 34.0 Å². The van der Waals surface area contributed by atoms with Crippen molar-refractivity contribution in [2.45, 2.75) is 44.6 Å². The number of hydrogen-bond donors (Lipinski definition) is 1. The van der Waals surface area contributed by atoms with Gasteiger partial charge in [0.25, 0.3) is 0 Å². The van der Waals surface area contributed by atoms with Crippen molar-refractivity contribution in [3.8, 4) is 0 Å². The number of rotatable bonds is 6. The fourth-order valence-corrected chi connectivity index (χ4v) is 8.10. The van der Waals surface area contributed by atoms with Crippen molar-refractivity contribution in [2.24, 2.45) is 5.92 Å². The first-order chi connectivity index (χ1) is 11.1. The standard InChI is InChI=1S/C17H28BrNO3SSi/c1-24(2,3)12-11-23(21,22)19-10-6-7-14(13-19)17(20)15-8-4-5-9-16(15)18/h4-5,8-9,14,17,20H,6-7,10-13H2,1-3H3. The first-order valence-corrected chi connectivity index (χ1v) is 14.6. The Hall–Kier alpha value is -0.213. The fourth-order valence-electron chi connectivity index (χ4n) is 3.02. The number of nitrogens with zero attached hydrogens (tertiary/aromatic N) is 1.